The molecule has 0 aliphatic rings. The Hall–Kier alpha value is -1.70. The molecule has 7 nitrogen and oxygen atoms in total. The monoisotopic (exact) mass is 287 g/mol. The van der Waals surface area contributed by atoms with E-state index in [0.717, 1.165) is 6.07 Å². The molecule has 0 saturated heterocycles. The number of rotatable bonds is 5. The van der Waals surface area contributed by atoms with Gasteiger partial charge < -0.3 is 16.2 Å². The number of halogens is 1. The van der Waals surface area contributed by atoms with Gasteiger partial charge in [-0.2, -0.15) is 0 Å². The molecule has 1 amide bonds. The third-order valence-corrected chi connectivity index (χ3v) is 2.85. The average molecular weight is 288 g/mol. The van der Waals surface area contributed by atoms with Crippen LogP contribution in [0.2, 0.25) is 5.02 Å². The van der Waals surface area contributed by atoms with Crippen LogP contribution in [-0.2, 0) is 0 Å². The van der Waals surface area contributed by atoms with Gasteiger partial charge in [0.15, 0.2) is 0 Å². The van der Waals surface area contributed by atoms with Gasteiger partial charge in [0.05, 0.1) is 21.6 Å². The van der Waals surface area contributed by atoms with Gasteiger partial charge in [0.2, 0.25) is 0 Å². The van der Waals surface area contributed by atoms with E-state index in [4.69, 9.17) is 17.3 Å². The highest BCUT2D eigenvalue weighted by Crippen LogP contribution is 2.21. The molecule has 1 rings (SSSR count). The van der Waals surface area contributed by atoms with E-state index in [2.05, 4.69) is 5.32 Å². The van der Waals surface area contributed by atoms with Crippen molar-refractivity contribution < 1.29 is 14.8 Å². The lowest BCUT2D eigenvalue weighted by atomic mass is 10.1. The summed E-state index contributed by atoms with van der Waals surface area (Å²) in [5, 5.41) is 22.4. The molecule has 104 valence electrons. The first-order chi connectivity index (χ1) is 8.82. The molecule has 2 unspecified atom stereocenters. The van der Waals surface area contributed by atoms with Gasteiger partial charge in [0.25, 0.3) is 11.6 Å². The summed E-state index contributed by atoms with van der Waals surface area (Å²) in [6, 6.07) is 2.96. The molecule has 4 N–H and O–H groups in total. The molecule has 0 radical (unpaired) electrons. The van der Waals surface area contributed by atoms with E-state index >= 15 is 0 Å². The van der Waals surface area contributed by atoms with Crippen molar-refractivity contribution in [2.45, 2.75) is 19.1 Å². The van der Waals surface area contributed by atoms with E-state index < -0.39 is 23.0 Å². The van der Waals surface area contributed by atoms with Crippen LogP contribution >= 0.6 is 11.6 Å². The van der Waals surface area contributed by atoms with Gasteiger partial charge >= 0.3 is 0 Å². The Balaban J connectivity index is 2.82. The standard InChI is InChI=1S/C11H14ClN3O4/c1-6(16)10(13)5-14-11(17)8-4-7(15(18)19)2-3-9(8)12/h2-4,6,10,16H,5,13H2,1H3,(H,14,17). The molecule has 0 saturated carbocycles. The maximum Gasteiger partial charge on any atom is 0.270 e. The molecule has 0 bridgehead atoms. The van der Waals surface area contributed by atoms with Crippen LogP contribution < -0.4 is 11.1 Å². The van der Waals surface area contributed by atoms with Crippen molar-refractivity contribution in [1.82, 2.24) is 5.32 Å². The minimum Gasteiger partial charge on any atom is -0.392 e. The van der Waals surface area contributed by atoms with Crippen LogP contribution in [-0.4, -0.2) is 34.6 Å². The molecule has 0 fully saturated rings. The maximum absolute atomic E-state index is 11.8. The normalized spacial score (nSPS) is 13.7. The van der Waals surface area contributed by atoms with Crippen LogP contribution in [0.5, 0.6) is 0 Å². The SMILES string of the molecule is CC(O)C(N)CNC(=O)c1cc([N+](=O)[O-])ccc1Cl. The fourth-order valence-corrected chi connectivity index (χ4v) is 1.48. The van der Waals surface area contributed by atoms with Gasteiger partial charge in [-0.15, -0.1) is 0 Å². The molecule has 1 aromatic rings. The van der Waals surface area contributed by atoms with Crippen molar-refractivity contribution in [3.63, 3.8) is 0 Å². The summed E-state index contributed by atoms with van der Waals surface area (Å²) >= 11 is 5.81. The second kappa shape index (κ2) is 6.46. The number of aliphatic hydroxyl groups excluding tert-OH is 1. The molecule has 0 aliphatic carbocycles. The summed E-state index contributed by atoms with van der Waals surface area (Å²) in [7, 11) is 0. The predicted molar refractivity (Wildman–Crippen MR) is 70.1 cm³/mol. The fraction of sp³-hybridized carbons (Fsp3) is 0.364. The molecule has 0 aliphatic heterocycles. The first-order valence-electron chi connectivity index (χ1n) is 5.48. The first-order valence-corrected chi connectivity index (χ1v) is 5.86. The summed E-state index contributed by atoms with van der Waals surface area (Å²) < 4.78 is 0. The third kappa shape index (κ3) is 4.16. The molecule has 2 atom stereocenters. The molecular formula is C11H14ClN3O4. The zero-order chi connectivity index (χ0) is 14.6. The third-order valence-electron chi connectivity index (χ3n) is 2.52. The second-order valence-corrected chi connectivity index (χ2v) is 4.44. The Morgan fingerprint density at radius 2 is 2.26 bits per heavy atom. The quantitative estimate of drug-likeness (QED) is 0.544. The van der Waals surface area contributed by atoms with Crippen LogP contribution in [0.4, 0.5) is 5.69 Å². The molecule has 0 aromatic heterocycles. The van der Waals surface area contributed by atoms with Gasteiger partial charge in [-0.05, 0) is 13.0 Å². The summed E-state index contributed by atoms with van der Waals surface area (Å²) in [6.07, 6.45) is -0.777. The van der Waals surface area contributed by atoms with E-state index in [9.17, 15) is 20.0 Å². The average Bonchev–Trinajstić information content (AvgIpc) is 2.35. The highest BCUT2D eigenvalue weighted by atomic mass is 35.5. The Kier molecular flexibility index (Phi) is 5.22. The van der Waals surface area contributed by atoms with E-state index in [1.54, 1.807) is 0 Å². The van der Waals surface area contributed by atoms with Crippen LogP contribution in [0.25, 0.3) is 0 Å². The van der Waals surface area contributed by atoms with E-state index in [-0.39, 0.29) is 22.8 Å². The molecule has 19 heavy (non-hydrogen) atoms. The van der Waals surface area contributed by atoms with E-state index in [1.807, 2.05) is 0 Å². The number of amides is 1. The summed E-state index contributed by atoms with van der Waals surface area (Å²) in [4.78, 5) is 21.8. The van der Waals surface area contributed by atoms with Crippen LogP contribution in [0.1, 0.15) is 17.3 Å². The number of nitrogens with one attached hydrogen (secondary N) is 1. The van der Waals surface area contributed by atoms with E-state index in [0.29, 0.717) is 0 Å². The molecule has 0 spiro atoms. The smallest absolute Gasteiger partial charge is 0.270 e. The number of non-ortho nitro benzene ring substituents is 1. The number of nitro benzene ring substituents is 1. The lowest BCUT2D eigenvalue weighted by molar-refractivity contribution is -0.384. The van der Waals surface area contributed by atoms with Gasteiger partial charge in [-0.1, -0.05) is 11.6 Å². The van der Waals surface area contributed by atoms with E-state index in [1.165, 1.54) is 19.1 Å². The lowest BCUT2D eigenvalue weighted by Crippen LogP contribution is -2.43. The molecular weight excluding hydrogens is 274 g/mol. The molecule has 0 heterocycles. The van der Waals surface area contributed by atoms with Gasteiger partial charge in [0, 0.05) is 24.7 Å². The lowest BCUT2D eigenvalue weighted by Gasteiger charge is -2.15. The van der Waals surface area contributed by atoms with Crippen LogP contribution in [0, 0.1) is 10.1 Å². The molecule has 8 heteroatoms. The Labute approximate surface area is 114 Å². The summed E-state index contributed by atoms with van der Waals surface area (Å²) in [5.74, 6) is -0.579. The summed E-state index contributed by atoms with van der Waals surface area (Å²) in [5.41, 5.74) is 5.32. The maximum atomic E-state index is 11.8. The second-order valence-electron chi connectivity index (χ2n) is 4.04. The number of hydrogen-bond acceptors (Lipinski definition) is 5. The number of nitrogens with two attached hydrogens (primary N) is 1. The highest BCUT2D eigenvalue weighted by Gasteiger charge is 2.17. The largest absolute Gasteiger partial charge is 0.392 e. The number of hydrogen-bond donors (Lipinski definition) is 3. The first kappa shape index (κ1) is 15.4. The topological polar surface area (TPSA) is 118 Å². The van der Waals surface area contributed by atoms with Crippen molar-refractivity contribution >= 4 is 23.2 Å². The number of nitrogens with zero attached hydrogens (tertiary/aromatic N) is 1. The van der Waals surface area contributed by atoms with Crippen LogP contribution in [0.15, 0.2) is 18.2 Å². The van der Waals surface area contributed by atoms with Crippen LogP contribution in [0.3, 0.4) is 0 Å². The van der Waals surface area contributed by atoms with Crippen molar-refractivity contribution in [3.8, 4) is 0 Å². The number of benzene rings is 1. The van der Waals surface area contributed by atoms with Crippen molar-refractivity contribution in [2.24, 2.45) is 5.73 Å². The number of carbonyl (C=O) groups is 1. The van der Waals surface area contributed by atoms with Crippen molar-refractivity contribution in [2.75, 3.05) is 6.54 Å². The zero-order valence-electron chi connectivity index (χ0n) is 10.2. The number of aliphatic hydroxyl groups is 1. The minimum absolute atomic E-state index is 0.00587. The fourth-order valence-electron chi connectivity index (χ4n) is 1.28. The van der Waals surface area contributed by atoms with Gasteiger partial charge in [0.1, 0.15) is 0 Å². The Morgan fingerprint density at radius 3 is 2.79 bits per heavy atom. The predicted octanol–water partition coefficient (Wildman–Crippen LogP) is 0.686. The Bertz CT molecular complexity index is 493. The van der Waals surface area contributed by atoms with Gasteiger partial charge in [-0.3, -0.25) is 14.9 Å². The minimum atomic E-state index is -0.777. The summed E-state index contributed by atoms with van der Waals surface area (Å²) in [6.45, 7) is 1.53. The molecule has 1 aromatic carbocycles. The highest BCUT2D eigenvalue weighted by molar-refractivity contribution is 6.33. The number of nitro groups is 1. The van der Waals surface area contributed by atoms with Crippen molar-refractivity contribution in [3.05, 3.63) is 38.9 Å². The Morgan fingerprint density at radius 1 is 1.63 bits per heavy atom. The number of carbonyl (C=O) groups excluding carboxylic acids is 1. The van der Waals surface area contributed by atoms with Gasteiger partial charge in [-0.25, -0.2) is 0 Å². The van der Waals surface area contributed by atoms with Crippen molar-refractivity contribution in [1.29, 1.82) is 0 Å². The zero-order valence-corrected chi connectivity index (χ0v) is 10.9.